The zero-order valence-corrected chi connectivity index (χ0v) is 11.8. The molecule has 0 bridgehead atoms. The molecule has 0 spiro atoms. The van der Waals surface area contributed by atoms with Crippen molar-refractivity contribution in [1.29, 1.82) is 0 Å². The Morgan fingerprint density at radius 2 is 1.88 bits per heavy atom. The van der Waals surface area contributed by atoms with E-state index < -0.39 is 0 Å². The quantitative estimate of drug-likeness (QED) is 0.570. The first-order valence-corrected chi connectivity index (χ1v) is 6.79. The van der Waals surface area contributed by atoms with Gasteiger partial charge in [0.2, 0.25) is 0 Å². The topological polar surface area (TPSA) is 0 Å². The van der Waals surface area contributed by atoms with E-state index in [9.17, 15) is 0 Å². The number of rotatable bonds is 6. The SMILES string of the molecule is C=CC(C)(C)c1ccccc1C(CC)CCC. The van der Waals surface area contributed by atoms with Gasteiger partial charge in [-0.25, -0.2) is 0 Å². The summed E-state index contributed by atoms with van der Waals surface area (Å²) in [7, 11) is 0. The Bertz CT molecular complexity index is 360. The maximum Gasteiger partial charge on any atom is 0.00755 e. The third-order valence-electron chi connectivity index (χ3n) is 3.74. The Hall–Kier alpha value is -1.04. The summed E-state index contributed by atoms with van der Waals surface area (Å²) in [6.07, 6.45) is 5.81. The molecule has 0 aliphatic heterocycles. The Kier molecular flexibility index (Phi) is 4.99. The van der Waals surface area contributed by atoms with Crippen LogP contribution in [0.5, 0.6) is 0 Å². The molecular formula is C17H26. The summed E-state index contributed by atoms with van der Waals surface area (Å²) < 4.78 is 0. The van der Waals surface area contributed by atoms with Gasteiger partial charge in [-0.3, -0.25) is 0 Å². The van der Waals surface area contributed by atoms with Crippen LogP contribution in [-0.4, -0.2) is 0 Å². The predicted octanol–water partition coefficient (Wildman–Crippen LogP) is 5.44. The summed E-state index contributed by atoms with van der Waals surface area (Å²) >= 11 is 0. The fraction of sp³-hybridized carbons (Fsp3) is 0.529. The largest absolute Gasteiger partial charge is 0.102 e. The second-order valence-electron chi connectivity index (χ2n) is 5.41. The van der Waals surface area contributed by atoms with Crippen LogP contribution in [0.1, 0.15) is 64.0 Å². The number of hydrogen-bond donors (Lipinski definition) is 0. The van der Waals surface area contributed by atoms with Crippen LogP contribution in [-0.2, 0) is 5.41 Å². The average molecular weight is 230 g/mol. The molecule has 0 radical (unpaired) electrons. The van der Waals surface area contributed by atoms with Gasteiger partial charge in [0.1, 0.15) is 0 Å². The molecule has 0 aliphatic rings. The fourth-order valence-electron chi connectivity index (χ4n) is 2.48. The molecule has 0 nitrogen and oxygen atoms in total. The maximum absolute atomic E-state index is 3.98. The highest BCUT2D eigenvalue weighted by atomic mass is 14.3. The van der Waals surface area contributed by atoms with E-state index in [1.807, 2.05) is 0 Å². The molecule has 0 heteroatoms. The van der Waals surface area contributed by atoms with Crippen molar-refractivity contribution < 1.29 is 0 Å². The third-order valence-corrected chi connectivity index (χ3v) is 3.74. The lowest BCUT2D eigenvalue weighted by atomic mass is 9.77. The smallest absolute Gasteiger partial charge is 0.00755 e. The van der Waals surface area contributed by atoms with Crippen LogP contribution in [0.25, 0.3) is 0 Å². The molecular weight excluding hydrogens is 204 g/mol. The van der Waals surface area contributed by atoms with Gasteiger partial charge in [0, 0.05) is 5.41 Å². The van der Waals surface area contributed by atoms with E-state index in [1.165, 1.54) is 30.4 Å². The van der Waals surface area contributed by atoms with Gasteiger partial charge in [-0.05, 0) is 29.9 Å². The minimum atomic E-state index is 0.0672. The van der Waals surface area contributed by atoms with Crippen molar-refractivity contribution in [3.63, 3.8) is 0 Å². The first-order chi connectivity index (χ1) is 8.06. The highest BCUT2D eigenvalue weighted by molar-refractivity contribution is 5.38. The molecule has 1 aromatic carbocycles. The van der Waals surface area contributed by atoms with Gasteiger partial charge < -0.3 is 0 Å². The lowest BCUT2D eigenvalue weighted by Gasteiger charge is -2.27. The van der Waals surface area contributed by atoms with Crippen molar-refractivity contribution in [2.24, 2.45) is 0 Å². The second-order valence-corrected chi connectivity index (χ2v) is 5.41. The van der Waals surface area contributed by atoms with Gasteiger partial charge >= 0.3 is 0 Å². The summed E-state index contributed by atoms with van der Waals surface area (Å²) in [5.41, 5.74) is 3.02. The van der Waals surface area contributed by atoms with Crippen LogP contribution in [0.15, 0.2) is 36.9 Å². The average Bonchev–Trinajstić information content (AvgIpc) is 2.36. The number of hydrogen-bond acceptors (Lipinski definition) is 0. The molecule has 0 fully saturated rings. The van der Waals surface area contributed by atoms with Gasteiger partial charge in [0.05, 0.1) is 0 Å². The van der Waals surface area contributed by atoms with Gasteiger partial charge in [-0.2, -0.15) is 0 Å². The van der Waals surface area contributed by atoms with Crippen molar-refractivity contribution in [2.75, 3.05) is 0 Å². The lowest BCUT2D eigenvalue weighted by Crippen LogP contribution is -2.17. The molecule has 0 aromatic heterocycles. The Labute approximate surface area is 107 Å². The monoisotopic (exact) mass is 230 g/mol. The van der Waals surface area contributed by atoms with Crippen LogP contribution in [0.3, 0.4) is 0 Å². The van der Waals surface area contributed by atoms with Crippen molar-refractivity contribution in [3.8, 4) is 0 Å². The molecule has 0 amide bonds. The van der Waals surface area contributed by atoms with Gasteiger partial charge in [0.15, 0.2) is 0 Å². The molecule has 1 unspecified atom stereocenters. The summed E-state index contributed by atoms with van der Waals surface area (Å²) in [5.74, 6) is 0.690. The van der Waals surface area contributed by atoms with E-state index in [-0.39, 0.29) is 5.41 Å². The molecule has 94 valence electrons. The number of benzene rings is 1. The highest BCUT2D eigenvalue weighted by Gasteiger charge is 2.22. The molecule has 17 heavy (non-hydrogen) atoms. The maximum atomic E-state index is 3.98. The molecule has 1 rings (SSSR count). The van der Waals surface area contributed by atoms with E-state index in [1.54, 1.807) is 0 Å². The minimum Gasteiger partial charge on any atom is -0.102 e. The predicted molar refractivity (Wildman–Crippen MR) is 77.6 cm³/mol. The highest BCUT2D eigenvalue weighted by Crippen LogP contribution is 2.34. The minimum absolute atomic E-state index is 0.0672. The van der Waals surface area contributed by atoms with Crippen LogP contribution in [0.4, 0.5) is 0 Å². The van der Waals surface area contributed by atoms with Crippen molar-refractivity contribution >= 4 is 0 Å². The Balaban J connectivity index is 3.19. The summed E-state index contributed by atoms with van der Waals surface area (Å²) in [4.78, 5) is 0. The zero-order chi connectivity index (χ0) is 12.9. The van der Waals surface area contributed by atoms with E-state index in [0.717, 1.165) is 0 Å². The van der Waals surface area contributed by atoms with Gasteiger partial charge in [-0.1, -0.05) is 64.5 Å². The molecule has 0 N–H and O–H groups in total. The van der Waals surface area contributed by atoms with Crippen LogP contribution < -0.4 is 0 Å². The third kappa shape index (κ3) is 3.21. The molecule has 0 saturated carbocycles. The molecule has 0 aliphatic carbocycles. The summed E-state index contributed by atoms with van der Waals surface area (Å²) in [5, 5.41) is 0. The standard InChI is InChI=1S/C17H26/c1-6-11-14(7-2)15-12-9-10-13-16(15)17(4,5)8-3/h8-10,12-14H,3,6-7,11H2,1-2,4-5H3. The van der Waals surface area contributed by atoms with Crippen molar-refractivity contribution in [2.45, 2.75) is 58.3 Å². The van der Waals surface area contributed by atoms with E-state index in [2.05, 4.69) is 64.6 Å². The van der Waals surface area contributed by atoms with Gasteiger partial charge in [0.25, 0.3) is 0 Å². The molecule has 0 saturated heterocycles. The summed E-state index contributed by atoms with van der Waals surface area (Å²) in [6, 6.07) is 8.86. The number of allylic oxidation sites excluding steroid dienone is 1. The van der Waals surface area contributed by atoms with E-state index >= 15 is 0 Å². The van der Waals surface area contributed by atoms with Crippen LogP contribution in [0.2, 0.25) is 0 Å². The fourth-order valence-corrected chi connectivity index (χ4v) is 2.48. The van der Waals surface area contributed by atoms with Crippen molar-refractivity contribution in [3.05, 3.63) is 48.0 Å². The first-order valence-electron chi connectivity index (χ1n) is 6.79. The molecule has 1 atom stereocenters. The Morgan fingerprint density at radius 1 is 1.24 bits per heavy atom. The normalized spacial score (nSPS) is 13.4. The van der Waals surface area contributed by atoms with E-state index in [0.29, 0.717) is 5.92 Å². The van der Waals surface area contributed by atoms with Crippen molar-refractivity contribution in [1.82, 2.24) is 0 Å². The zero-order valence-electron chi connectivity index (χ0n) is 11.8. The molecule has 0 heterocycles. The summed E-state index contributed by atoms with van der Waals surface area (Å²) in [6.45, 7) is 13.0. The lowest BCUT2D eigenvalue weighted by molar-refractivity contribution is 0.570. The van der Waals surface area contributed by atoms with Gasteiger partial charge in [-0.15, -0.1) is 6.58 Å². The van der Waals surface area contributed by atoms with Crippen LogP contribution >= 0.6 is 0 Å². The second kappa shape index (κ2) is 6.05. The Morgan fingerprint density at radius 3 is 2.41 bits per heavy atom. The first kappa shape index (κ1) is 14.0. The molecule has 1 aromatic rings. The van der Waals surface area contributed by atoms with E-state index in [4.69, 9.17) is 0 Å². The van der Waals surface area contributed by atoms with Crippen LogP contribution in [0, 0.1) is 0 Å².